The maximum absolute atomic E-state index is 11.4. The molecule has 0 bridgehead atoms. The maximum Gasteiger partial charge on any atom is 0.325 e. The van der Waals surface area contributed by atoms with Gasteiger partial charge in [0, 0.05) is 6.54 Å². The summed E-state index contributed by atoms with van der Waals surface area (Å²) in [6.07, 6.45) is 6.05. The van der Waals surface area contributed by atoms with E-state index in [2.05, 4.69) is 17.6 Å². The van der Waals surface area contributed by atoms with Gasteiger partial charge in [-0.05, 0) is 25.2 Å². The molecule has 0 heterocycles. The first kappa shape index (κ1) is 14.8. The lowest BCUT2D eigenvalue weighted by atomic mass is 9.81. The van der Waals surface area contributed by atoms with Crippen LogP contribution in [0.25, 0.3) is 0 Å². The zero-order valence-corrected chi connectivity index (χ0v) is 11.2. The summed E-state index contributed by atoms with van der Waals surface area (Å²) in [5, 5.41) is 13.7. The summed E-state index contributed by atoms with van der Waals surface area (Å²) in [4.78, 5) is 21.9. The highest BCUT2D eigenvalue weighted by Crippen LogP contribution is 2.29. The number of hydrogen-bond donors (Lipinski definition) is 3. The minimum absolute atomic E-state index is 0.394. The molecule has 0 radical (unpaired) electrons. The Hall–Kier alpha value is -1.26. The fourth-order valence-electron chi connectivity index (χ4n) is 2.32. The highest BCUT2D eigenvalue weighted by molar-refractivity contribution is 5.82. The van der Waals surface area contributed by atoms with Crippen LogP contribution >= 0.6 is 0 Å². The van der Waals surface area contributed by atoms with E-state index in [-0.39, 0.29) is 0 Å². The van der Waals surface area contributed by atoms with Crippen LogP contribution in [0.1, 0.15) is 46.0 Å². The van der Waals surface area contributed by atoms with E-state index in [1.165, 1.54) is 32.6 Å². The fourth-order valence-corrected chi connectivity index (χ4v) is 2.32. The molecule has 5 nitrogen and oxygen atoms in total. The van der Waals surface area contributed by atoms with E-state index in [1.54, 1.807) is 0 Å². The molecule has 1 aliphatic carbocycles. The molecular weight excluding hydrogens is 232 g/mol. The molecule has 1 fully saturated rings. The second-order valence-electron chi connectivity index (χ2n) is 5.37. The predicted molar refractivity (Wildman–Crippen MR) is 69.4 cm³/mol. The van der Waals surface area contributed by atoms with Crippen molar-refractivity contribution in [3.63, 3.8) is 0 Å². The molecule has 1 unspecified atom stereocenters. The second-order valence-corrected chi connectivity index (χ2v) is 5.37. The third-order valence-electron chi connectivity index (χ3n) is 3.69. The fraction of sp³-hybridized carbons (Fsp3) is 0.846. The largest absolute Gasteiger partial charge is 0.480 e. The van der Waals surface area contributed by atoms with E-state index < -0.39 is 18.0 Å². The first-order valence-electron chi connectivity index (χ1n) is 6.76. The summed E-state index contributed by atoms with van der Waals surface area (Å²) >= 11 is 0. The van der Waals surface area contributed by atoms with Gasteiger partial charge in [0.2, 0.25) is 0 Å². The molecule has 0 saturated heterocycles. The zero-order valence-electron chi connectivity index (χ0n) is 11.2. The van der Waals surface area contributed by atoms with Crippen LogP contribution in [0, 0.1) is 11.8 Å². The molecule has 0 aromatic rings. The van der Waals surface area contributed by atoms with Gasteiger partial charge in [-0.2, -0.15) is 0 Å². The van der Waals surface area contributed by atoms with Crippen LogP contribution in [0.15, 0.2) is 0 Å². The van der Waals surface area contributed by atoms with Crippen molar-refractivity contribution < 1.29 is 14.7 Å². The van der Waals surface area contributed by atoms with Gasteiger partial charge in [0.05, 0.1) is 0 Å². The molecule has 1 saturated carbocycles. The van der Waals surface area contributed by atoms with Gasteiger partial charge >= 0.3 is 12.0 Å². The number of rotatable bonds is 5. The number of urea groups is 1. The van der Waals surface area contributed by atoms with Gasteiger partial charge < -0.3 is 15.7 Å². The molecule has 5 heteroatoms. The highest BCUT2D eigenvalue weighted by Gasteiger charge is 2.18. The summed E-state index contributed by atoms with van der Waals surface area (Å²) in [7, 11) is 0. The van der Waals surface area contributed by atoms with Gasteiger partial charge in [0.15, 0.2) is 0 Å². The zero-order chi connectivity index (χ0) is 13.5. The van der Waals surface area contributed by atoms with Crippen molar-refractivity contribution in [1.29, 1.82) is 0 Å². The number of aliphatic carboxylic acids is 1. The van der Waals surface area contributed by atoms with Crippen molar-refractivity contribution in [2.45, 2.75) is 52.0 Å². The van der Waals surface area contributed by atoms with Gasteiger partial charge in [-0.25, -0.2) is 4.79 Å². The molecular formula is C13H24N2O3. The number of carbonyl (C=O) groups is 2. The summed E-state index contributed by atoms with van der Waals surface area (Å²) in [6, 6.07) is -1.24. The lowest BCUT2D eigenvalue weighted by Gasteiger charge is -2.26. The summed E-state index contributed by atoms with van der Waals surface area (Å²) in [6.45, 7) is 4.36. The number of hydrogen-bond acceptors (Lipinski definition) is 2. The summed E-state index contributed by atoms with van der Waals surface area (Å²) in [5.41, 5.74) is 0. The predicted octanol–water partition coefficient (Wildman–Crippen LogP) is 1.98. The quantitative estimate of drug-likeness (QED) is 0.703. The normalized spacial score (nSPS) is 25.2. The molecule has 104 valence electrons. The van der Waals surface area contributed by atoms with Gasteiger partial charge in [-0.1, -0.05) is 32.6 Å². The number of carbonyl (C=O) groups excluding carboxylic acids is 1. The van der Waals surface area contributed by atoms with Crippen LogP contribution in [0.2, 0.25) is 0 Å². The topological polar surface area (TPSA) is 78.4 Å². The third kappa shape index (κ3) is 5.38. The van der Waals surface area contributed by atoms with Crippen molar-refractivity contribution in [2.75, 3.05) is 6.54 Å². The van der Waals surface area contributed by atoms with Crippen LogP contribution in [0.3, 0.4) is 0 Å². The Bertz CT molecular complexity index is 286. The van der Waals surface area contributed by atoms with E-state index >= 15 is 0 Å². The molecule has 1 rings (SSSR count). The van der Waals surface area contributed by atoms with Gasteiger partial charge in [-0.3, -0.25) is 4.79 Å². The Kier molecular flexibility index (Phi) is 5.95. The SMILES string of the molecule is CC1CCC(CCNC(=O)NC(C)C(=O)O)CC1. The maximum atomic E-state index is 11.4. The van der Waals surface area contributed by atoms with Crippen molar-refractivity contribution >= 4 is 12.0 Å². The Balaban J connectivity index is 2.10. The van der Waals surface area contributed by atoms with Crippen molar-refractivity contribution in [3.05, 3.63) is 0 Å². The smallest absolute Gasteiger partial charge is 0.325 e. The molecule has 0 aliphatic heterocycles. The number of carboxylic acid groups (broad SMARTS) is 1. The van der Waals surface area contributed by atoms with Crippen LogP contribution in [0.5, 0.6) is 0 Å². The molecule has 1 atom stereocenters. The van der Waals surface area contributed by atoms with Crippen molar-refractivity contribution in [3.8, 4) is 0 Å². The minimum Gasteiger partial charge on any atom is -0.480 e. The molecule has 18 heavy (non-hydrogen) atoms. The molecule has 0 aromatic heterocycles. The molecule has 3 N–H and O–H groups in total. The average Bonchev–Trinajstić information content (AvgIpc) is 2.31. The van der Waals surface area contributed by atoms with E-state index in [9.17, 15) is 9.59 Å². The van der Waals surface area contributed by atoms with Gasteiger partial charge in [0.25, 0.3) is 0 Å². The Morgan fingerprint density at radius 1 is 1.28 bits per heavy atom. The van der Waals surface area contributed by atoms with Crippen LogP contribution in [-0.2, 0) is 4.79 Å². The Morgan fingerprint density at radius 3 is 2.44 bits per heavy atom. The molecule has 0 spiro atoms. The van der Waals surface area contributed by atoms with E-state index in [4.69, 9.17) is 5.11 Å². The monoisotopic (exact) mass is 256 g/mol. The Labute approximate surface area is 108 Å². The van der Waals surface area contributed by atoms with Crippen LogP contribution in [0.4, 0.5) is 4.79 Å². The summed E-state index contributed by atoms with van der Waals surface area (Å²) in [5.74, 6) is 0.527. The van der Waals surface area contributed by atoms with Crippen LogP contribution < -0.4 is 10.6 Å². The molecule has 1 aliphatic rings. The first-order chi connectivity index (χ1) is 8.49. The first-order valence-corrected chi connectivity index (χ1v) is 6.76. The summed E-state index contributed by atoms with van der Waals surface area (Å²) < 4.78 is 0. The number of carboxylic acids is 1. The number of amides is 2. The number of nitrogens with one attached hydrogen (secondary N) is 2. The lowest BCUT2D eigenvalue weighted by molar-refractivity contribution is -0.138. The van der Waals surface area contributed by atoms with Gasteiger partial charge in [-0.15, -0.1) is 0 Å². The standard InChI is InChI=1S/C13H24N2O3/c1-9-3-5-11(6-4-9)7-8-14-13(18)15-10(2)12(16)17/h9-11H,3-8H2,1-2H3,(H,16,17)(H2,14,15,18). The minimum atomic E-state index is -1.02. The van der Waals surface area contributed by atoms with E-state index in [0.29, 0.717) is 12.5 Å². The Morgan fingerprint density at radius 2 is 1.89 bits per heavy atom. The molecule has 0 aromatic carbocycles. The van der Waals surface area contributed by atoms with Gasteiger partial charge in [0.1, 0.15) is 6.04 Å². The second kappa shape index (κ2) is 7.24. The highest BCUT2D eigenvalue weighted by atomic mass is 16.4. The van der Waals surface area contributed by atoms with Crippen molar-refractivity contribution in [1.82, 2.24) is 10.6 Å². The van der Waals surface area contributed by atoms with Crippen LogP contribution in [-0.4, -0.2) is 29.7 Å². The average molecular weight is 256 g/mol. The van der Waals surface area contributed by atoms with E-state index in [1.807, 2.05) is 0 Å². The third-order valence-corrected chi connectivity index (χ3v) is 3.69. The lowest BCUT2D eigenvalue weighted by Crippen LogP contribution is -2.44. The molecule has 2 amide bonds. The van der Waals surface area contributed by atoms with E-state index in [0.717, 1.165) is 12.3 Å². The van der Waals surface area contributed by atoms with Crippen molar-refractivity contribution in [2.24, 2.45) is 11.8 Å².